The van der Waals surface area contributed by atoms with Crippen molar-refractivity contribution < 1.29 is 4.79 Å². The van der Waals surface area contributed by atoms with E-state index in [9.17, 15) is 4.79 Å². The van der Waals surface area contributed by atoms with Gasteiger partial charge in [0.25, 0.3) is 0 Å². The summed E-state index contributed by atoms with van der Waals surface area (Å²) in [6.45, 7) is 10.4. The summed E-state index contributed by atoms with van der Waals surface area (Å²) in [7, 11) is 0. The van der Waals surface area contributed by atoms with Crippen LogP contribution in [-0.4, -0.2) is 22.4 Å². The van der Waals surface area contributed by atoms with Gasteiger partial charge in [0, 0.05) is 18.0 Å². The molecular formula is C17H26N2O. The molecule has 2 unspecified atom stereocenters. The first-order valence-electron chi connectivity index (χ1n) is 7.36. The van der Waals surface area contributed by atoms with Crippen LogP contribution in [0.15, 0.2) is 18.2 Å². The van der Waals surface area contributed by atoms with Crippen molar-refractivity contribution in [2.75, 3.05) is 0 Å². The van der Waals surface area contributed by atoms with Gasteiger partial charge in [0.05, 0.1) is 6.04 Å². The summed E-state index contributed by atoms with van der Waals surface area (Å²) in [5.41, 5.74) is 9.81. The minimum atomic E-state index is -0.211. The van der Waals surface area contributed by atoms with Gasteiger partial charge in [0.1, 0.15) is 0 Å². The predicted octanol–water partition coefficient (Wildman–Crippen LogP) is 3.09. The third-order valence-corrected chi connectivity index (χ3v) is 4.11. The summed E-state index contributed by atoms with van der Waals surface area (Å²) in [4.78, 5) is 14.4. The normalized spacial score (nSPS) is 24.1. The highest BCUT2D eigenvalue weighted by molar-refractivity contribution is 5.78. The smallest absolute Gasteiger partial charge is 0.223 e. The number of amides is 1. The minimum Gasteiger partial charge on any atom is -0.329 e. The number of hydrogen-bond donors (Lipinski definition) is 1. The second-order valence-corrected chi connectivity index (χ2v) is 6.94. The van der Waals surface area contributed by atoms with Crippen molar-refractivity contribution >= 4 is 5.91 Å². The molecule has 0 bridgehead atoms. The fourth-order valence-corrected chi connectivity index (χ4v) is 3.23. The van der Waals surface area contributed by atoms with Gasteiger partial charge in [-0.25, -0.2) is 0 Å². The van der Waals surface area contributed by atoms with Crippen LogP contribution < -0.4 is 5.73 Å². The first kappa shape index (κ1) is 15.0. The number of aryl methyl sites for hydroxylation is 2. The zero-order valence-corrected chi connectivity index (χ0v) is 13.2. The molecule has 0 aliphatic carbocycles. The van der Waals surface area contributed by atoms with Crippen molar-refractivity contribution in [3.63, 3.8) is 0 Å². The van der Waals surface area contributed by atoms with Crippen molar-refractivity contribution in [2.45, 2.75) is 65.1 Å². The number of carbonyl (C=O) groups excluding carboxylic acids is 1. The van der Waals surface area contributed by atoms with Gasteiger partial charge >= 0.3 is 0 Å². The van der Waals surface area contributed by atoms with Crippen LogP contribution in [0, 0.1) is 13.8 Å². The van der Waals surface area contributed by atoms with E-state index in [1.165, 1.54) is 16.7 Å². The van der Waals surface area contributed by atoms with Gasteiger partial charge < -0.3 is 10.6 Å². The van der Waals surface area contributed by atoms with Crippen molar-refractivity contribution in [1.82, 2.24) is 4.90 Å². The number of nitrogens with two attached hydrogens (primary N) is 1. The van der Waals surface area contributed by atoms with E-state index in [1.54, 1.807) is 0 Å². The van der Waals surface area contributed by atoms with Crippen molar-refractivity contribution in [1.29, 1.82) is 0 Å². The molecule has 1 heterocycles. The monoisotopic (exact) mass is 274 g/mol. The number of piperidine rings is 1. The minimum absolute atomic E-state index is 0.00771. The highest BCUT2D eigenvalue weighted by Crippen LogP contribution is 2.37. The van der Waals surface area contributed by atoms with Crippen molar-refractivity contribution in [3.05, 3.63) is 34.9 Å². The van der Waals surface area contributed by atoms with Gasteiger partial charge in [-0.1, -0.05) is 23.8 Å². The molecule has 1 saturated heterocycles. The topological polar surface area (TPSA) is 46.3 Å². The Morgan fingerprint density at radius 1 is 1.25 bits per heavy atom. The average Bonchev–Trinajstić information content (AvgIpc) is 2.31. The number of hydrogen-bond acceptors (Lipinski definition) is 2. The number of benzene rings is 1. The molecule has 3 heteroatoms. The first-order valence-corrected chi connectivity index (χ1v) is 7.36. The lowest BCUT2D eigenvalue weighted by Crippen LogP contribution is -2.56. The van der Waals surface area contributed by atoms with Crippen LogP contribution in [-0.2, 0) is 4.79 Å². The molecule has 3 nitrogen and oxygen atoms in total. The van der Waals surface area contributed by atoms with E-state index in [1.807, 2.05) is 4.90 Å². The van der Waals surface area contributed by atoms with Gasteiger partial charge in [-0.15, -0.1) is 0 Å². The van der Waals surface area contributed by atoms with Crippen LogP contribution in [0.2, 0.25) is 0 Å². The Morgan fingerprint density at radius 2 is 1.90 bits per heavy atom. The van der Waals surface area contributed by atoms with Crippen LogP contribution >= 0.6 is 0 Å². The Hall–Kier alpha value is -1.35. The molecule has 20 heavy (non-hydrogen) atoms. The van der Waals surface area contributed by atoms with Gasteiger partial charge in [-0.05, 0) is 52.2 Å². The Labute approximate surface area is 122 Å². The van der Waals surface area contributed by atoms with Crippen LogP contribution in [0.25, 0.3) is 0 Å². The largest absolute Gasteiger partial charge is 0.329 e. The number of nitrogens with zero attached hydrogens (tertiary/aromatic N) is 1. The molecule has 110 valence electrons. The standard InChI is InChI=1S/C17H26N2O/c1-11-6-7-13(12(2)10-11)16-14(18)8-9-15(20)19(16)17(3,4)5/h6-7,10,14,16H,8-9,18H2,1-5H3. The second-order valence-electron chi connectivity index (χ2n) is 6.94. The van der Waals surface area contributed by atoms with E-state index in [2.05, 4.69) is 52.8 Å². The van der Waals surface area contributed by atoms with Crippen LogP contribution in [0.3, 0.4) is 0 Å². The Bertz CT molecular complexity index is 516. The summed E-state index contributed by atoms with van der Waals surface area (Å²) >= 11 is 0. The fourth-order valence-electron chi connectivity index (χ4n) is 3.23. The Kier molecular flexibility index (Phi) is 3.92. The third kappa shape index (κ3) is 2.73. The quantitative estimate of drug-likeness (QED) is 0.855. The first-order chi connectivity index (χ1) is 9.21. The second kappa shape index (κ2) is 5.21. The number of carbonyl (C=O) groups is 1. The summed E-state index contributed by atoms with van der Waals surface area (Å²) in [6.07, 6.45) is 1.32. The molecule has 1 aromatic rings. The molecule has 0 aromatic heterocycles. The zero-order valence-electron chi connectivity index (χ0n) is 13.2. The van der Waals surface area contributed by atoms with E-state index in [-0.39, 0.29) is 23.5 Å². The highest BCUT2D eigenvalue weighted by atomic mass is 16.2. The third-order valence-electron chi connectivity index (χ3n) is 4.11. The molecule has 0 spiro atoms. The molecule has 2 rings (SSSR count). The van der Waals surface area contributed by atoms with E-state index >= 15 is 0 Å². The molecule has 1 fully saturated rings. The molecule has 2 N–H and O–H groups in total. The van der Waals surface area contributed by atoms with Crippen molar-refractivity contribution in [2.24, 2.45) is 5.73 Å². The van der Waals surface area contributed by atoms with Gasteiger partial charge in [-0.2, -0.15) is 0 Å². The lowest BCUT2D eigenvalue weighted by atomic mass is 9.84. The van der Waals surface area contributed by atoms with E-state index in [0.717, 1.165) is 6.42 Å². The van der Waals surface area contributed by atoms with E-state index in [4.69, 9.17) is 5.73 Å². The van der Waals surface area contributed by atoms with Gasteiger partial charge in [0.2, 0.25) is 5.91 Å². The summed E-state index contributed by atoms with van der Waals surface area (Å²) in [5.74, 6) is 0.212. The van der Waals surface area contributed by atoms with E-state index in [0.29, 0.717) is 6.42 Å². The highest BCUT2D eigenvalue weighted by Gasteiger charge is 2.41. The molecule has 1 aliphatic heterocycles. The summed E-state index contributed by atoms with van der Waals surface area (Å²) in [6, 6.07) is 6.40. The van der Waals surface area contributed by atoms with E-state index < -0.39 is 0 Å². The predicted molar refractivity (Wildman–Crippen MR) is 82.5 cm³/mol. The maximum absolute atomic E-state index is 12.4. The molecule has 2 atom stereocenters. The molecule has 0 radical (unpaired) electrons. The lowest BCUT2D eigenvalue weighted by molar-refractivity contribution is -0.144. The molecule has 1 amide bonds. The maximum Gasteiger partial charge on any atom is 0.223 e. The number of likely N-dealkylation sites (tertiary alicyclic amines) is 1. The maximum atomic E-state index is 12.4. The van der Waals surface area contributed by atoms with Crippen LogP contribution in [0.1, 0.15) is 56.3 Å². The van der Waals surface area contributed by atoms with Crippen LogP contribution in [0.4, 0.5) is 0 Å². The molecule has 1 aliphatic rings. The molecular weight excluding hydrogens is 248 g/mol. The fraction of sp³-hybridized carbons (Fsp3) is 0.588. The zero-order chi connectivity index (χ0) is 15.1. The average molecular weight is 274 g/mol. The summed E-state index contributed by atoms with van der Waals surface area (Å²) in [5, 5.41) is 0. The molecule has 1 aromatic carbocycles. The number of rotatable bonds is 1. The SMILES string of the molecule is Cc1ccc(C2C(N)CCC(=O)N2C(C)(C)C)c(C)c1. The molecule has 0 saturated carbocycles. The summed E-state index contributed by atoms with van der Waals surface area (Å²) < 4.78 is 0. The Balaban J connectivity index is 2.50. The van der Waals surface area contributed by atoms with Crippen LogP contribution in [0.5, 0.6) is 0 Å². The van der Waals surface area contributed by atoms with Gasteiger partial charge in [0.15, 0.2) is 0 Å². The van der Waals surface area contributed by atoms with Gasteiger partial charge in [-0.3, -0.25) is 4.79 Å². The van der Waals surface area contributed by atoms with Crippen molar-refractivity contribution in [3.8, 4) is 0 Å². The Morgan fingerprint density at radius 3 is 2.45 bits per heavy atom. The lowest BCUT2D eigenvalue weighted by Gasteiger charge is -2.48.